The zero-order valence-electron chi connectivity index (χ0n) is 12.3. The van der Waals surface area contributed by atoms with E-state index in [2.05, 4.69) is 39.9 Å². The Balaban J connectivity index is 2.43. The molecule has 1 nitrogen and oxygen atoms in total. The first-order valence-electron chi connectivity index (χ1n) is 6.77. The Morgan fingerprint density at radius 2 is 1.78 bits per heavy atom. The van der Waals surface area contributed by atoms with Crippen molar-refractivity contribution in [3.05, 3.63) is 35.6 Å². The first-order chi connectivity index (χ1) is 8.30. The Morgan fingerprint density at radius 3 is 2.33 bits per heavy atom. The molecule has 0 bridgehead atoms. The zero-order valence-corrected chi connectivity index (χ0v) is 12.3. The molecule has 1 aromatic rings. The molecule has 0 saturated heterocycles. The highest BCUT2D eigenvalue weighted by atomic mass is 19.1. The summed E-state index contributed by atoms with van der Waals surface area (Å²) in [5, 5.41) is 3.50. The SMILES string of the molecule is CC(Cc1ccccc1F)NCC(C)C(C)(C)C. The molecule has 0 radical (unpaired) electrons. The van der Waals surface area contributed by atoms with E-state index in [-0.39, 0.29) is 5.82 Å². The summed E-state index contributed by atoms with van der Waals surface area (Å²) in [6, 6.07) is 7.31. The molecular formula is C16H26FN. The van der Waals surface area contributed by atoms with Crippen LogP contribution in [0.3, 0.4) is 0 Å². The fourth-order valence-corrected chi connectivity index (χ4v) is 1.75. The summed E-state index contributed by atoms with van der Waals surface area (Å²) >= 11 is 0. The summed E-state index contributed by atoms with van der Waals surface area (Å²) in [5.41, 5.74) is 1.10. The molecule has 0 heterocycles. The monoisotopic (exact) mass is 251 g/mol. The van der Waals surface area contributed by atoms with Crippen molar-refractivity contribution < 1.29 is 4.39 Å². The largest absolute Gasteiger partial charge is 0.314 e. The highest BCUT2D eigenvalue weighted by Gasteiger charge is 2.20. The summed E-state index contributed by atoms with van der Waals surface area (Å²) in [7, 11) is 0. The molecule has 1 aromatic carbocycles. The van der Waals surface area contributed by atoms with E-state index in [4.69, 9.17) is 0 Å². The van der Waals surface area contributed by atoms with E-state index in [0.29, 0.717) is 17.4 Å². The summed E-state index contributed by atoms with van der Waals surface area (Å²) < 4.78 is 13.5. The average Bonchev–Trinajstić information content (AvgIpc) is 2.27. The molecule has 0 fully saturated rings. The minimum Gasteiger partial charge on any atom is -0.314 e. The molecule has 2 heteroatoms. The summed E-state index contributed by atoms with van der Waals surface area (Å²) in [5.74, 6) is 0.496. The van der Waals surface area contributed by atoms with Gasteiger partial charge >= 0.3 is 0 Å². The number of rotatable bonds is 5. The van der Waals surface area contributed by atoms with Crippen LogP contribution >= 0.6 is 0 Å². The highest BCUT2D eigenvalue weighted by Crippen LogP contribution is 2.24. The number of nitrogens with one attached hydrogen (secondary N) is 1. The lowest BCUT2D eigenvalue weighted by molar-refractivity contribution is 0.246. The standard InChI is InChI=1S/C16H26FN/c1-12(16(3,4)5)11-18-13(2)10-14-8-6-7-9-15(14)17/h6-9,12-13,18H,10-11H2,1-5H3. The lowest BCUT2D eigenvalue weighted by Gasteiger charge is -2.29. The third-order valence-corrected chi connectivity index (χ3v) is 3.73. The normalized spacial score (nSPS) is 15.4. The van der Waals surface area contributed by atoms with Gasteiger partial charge in [-0.2, -0.15) is 0 Å². The zero-order chi connectivity index (χ0) is 13.8. The van der Waals surface area contributed by atoms with Crippen molar-refractivity contribution in [1.29, 1.82) is 0 Å². The van der Waals surface area contributed by atoms with Crippen LogP contribution in [0.2, 0.25) is 0 Å². The van der Waals surface area contributed by atoms with Crippen molar-refractivity contribution in [2.75, 3.05) is 6.54 Å². The van der Waals surface area contributed by atoms with Gasteiger partial charge in [-0.15, -0.1) is 0 Å². The van der Waals surface area contributed by atoms with Gasteiger partial charge in [0.05, 0.1) is 0 Å². The second kappa shape index (κ2) is 6.33. The van der Waals surface area contributed by atoms with Gasteiger partial charge in [0.2, 0.25) is 0 Å². The van der Waals surface area contributed by atoms with Crippen LogP contribution in [0.4, 0.5) is 4.39 Å². The van der Waals surface area contributed by atoms with E-state index >= 15 is 0 Å². The molecule has 0 aliphatic heterocycles. The van der Waals surface area contributed by atoms with E-state index in [1.807, 2.05) is 12.1 Å². The maximum absolute atomic E-state index is 13.5. The minimum atomic E-state index is -0.102. The smallest absolute Gasteiger partial charge is 0.126 e. The first kappa shape index (κ1) is 15.2. The van der Waals surface area contributed by atoms with Crippen molar-refractivity contribution in [2.24, 2.45) is 11.3 Å². The first-order valence-corrected chi connectivity index (χ1v) is 6.77. The highest BCUT2D eigenvalue weighted by molar-refractivity contribution is 5.18. The summed E-state index contributed by atoms with van der Waals surface area (Å²) in [6.45, 7) is 12.1. The minimum absolute atomic E-state index is 0.102. The molecule has 102 valence electrons. The Kier molecular flexibility index (Phi) is 5.33. The fraction of sp³-hybridized carbons (Fsp3) is 0.625. The van der Waals surface area contributed by atoms with Gasteiger partial charge < -0.3 is 5.32 Å². The molecule has 0 aliphatic carbocycles. The molecule has 1 N–H and O–H groups in total. The predicted octanol–water partition coefficient (Wildman–Crippen LogP) is 4.03. The molecule has 0 spiro atoms. The average molecular weight is 251 g/mol. The number of benzene rings is 1. The van der Waals surface area contributed by atoms with Gasteiger partial charge in [-0.05, 0) is 42.9 Å². The summed E-state index contributed by atoms with van der Waals surface area (Å²) in [6.07, 6.45) is 0.740. The molecule has 2 unspecified atom stereocenters. The van der Waals surface area contributed by atoms with Crippen LogP contribution in [0.15, 0.2) is 24.3 Å². The van der Waals surface area contributed by atoms with Gasteiger partial charge in [0.1, 0.15) is 5.82 Å². The van der Waals surface area contributed by atoms with E-state index in [1.54, 1.807) is 6.07 Å². The van der Waals surface area contributed by atoms with Gasteiger partial charge in [-0.25, -0.2) is 4.39 Å². The quantitative estimate of drug-likeness (QED) is 0.833. The van der Waals surface area contributed by atoms with Gasteiger partial charge in [0.25, 0.3) is 0 Å². The number of hydrogen-bond acceptors (Lipinski definition) is 1. The Hall–Kier alpha value is -0.890. The molecular weight excluding hydrogens is 225 g/mol. The van der Waals surface area contributed by atoms with Crippen molar-refractivity contribution in [1.82, 2.24) is 5.32 Å². The second-order valence-electron chi connectivity index (χ2n) is 6.37. The van der Waals surface area contributed by atoms with Crippen LogP contribution < -0.4 is 5.32 Å². The molecule has 2 atom stereocenters. The van der Waals surface area contributed by atoms with Gasteiger partial charge in [0, 0.05) is 6.04 Å². The van der Waals surface area contributed by atoms with Crippen LogP contribution in [0, 0.1) is 17.2 Å². The van der Waals surface area contributed by atoms with Crippen molar-refractivity contribution in [2.45, 2.75) is 47.1 Å². The van der Waals surface area contributed by atoms with Crippen LogP contribution in [-0.2, 0) is 6.42 Å². The van der Waals surface area contributed by atoms with Crippen LogP contribution in [0.25, 0.3) is 0 Å². The Bertz CT molecular complexity index is 368. The molecule has 1 rings (SSSR count). The van der Waals surface area contributed by atoms with Gasteiger partial charge in [-0.3, -0.25) is 0 Å². The third kappa shape index (κ3) is 4.77. The maximum atomic E-state index is 13.5. The molecule has 0 amide bonds. The van der Waals surface area contributed by atoms with Gasteiger partial charge in [-0.1, -0.05) is 45.9 Å². The van der Waals surface area contributed by atoms with E-state index < -0.39 is 0 Å². The molecule has 18 heavy (non-hydrogen) atoms. The Labute approximate surface area is 111 Å². The van der Waals surface area contributed by atoms with E-state index in [9.17, 15) is 4.39 Å². The third-order valence-electron chi connectivity index (χ3n) is 3.73. The van der Waals surface area contributed by atoms with Crippen molar-refractivity contribution in [3.63, 3.8) is 0 Å². The van der Waals surface area contributed by atoms with Crippen LogP contribution in [0.5, 0.6) is 0 Å². The van der Waals surface area contributed by atoms with Crippen molar-refractivity contribution >= 4 is 0 Å². The topological polar surface area (TPSA) is 12.0 Å². The lowest BCUT2D eigenvalue weighted by atomic mass is 9.82. The molecule has 0 saturated carbocycles. The second-order valence-corrected chi connectivity index (χ2v) is 6.37. The molecule has 0 aliphatic rings. The van der Waals surface area contributed by atoms with Crippen LogP contribution in [-0.4, -0.2) is 12.6 Å². The lowest BCUT2D eigenvalue weighted by Crippen LogP contribution is -2.36. The predicted molar refractivity (Wildman–Crippen MR) is 76.2 cm³/mol. The van der Waals surface area contributed by atoms with Crippen LogP contribution in [0.1, 0.15) is 40.2 Å². The number of hydrogen-bond donors (Lipinski definition) is 1. The fourth-order valence-electron chi connectivity index (χ4n) is 1.75. The maximum Gasteiger partial charge on any atom is 0.126 e. The Morgan fingerprint density at radius 1 is 1.17 bits per heavy atom. The van der Waals surface area contributed by atoms with Crippen molar-refractivity contribution in [3.8, 4) is 0 Å². The molecule has 0 aromatic heterocycles. The van der Waals surface area contributed by atoms with E-state index in [1.165, 1.54) is 6.07 Å². The van der Waals surface area contributed by atoms with E-state index in [0.717, 1.165) is 18.5 Å². The van der Waals surface area contributed by atoms with Gasteiger partial charge in [0.15, 0.2) is 0 Å². The number of halogens is 1. The summed E-state index contributed by atoms with van der Waals surface area (Å²) in [4.78, 5) is 0.